The van der Waals surface area contributed by atoms with Crippen molar-refractivity contribution < 1.29 is 14.3 Å². The molecule has 38 heavy (non-hydrogen) atoms. The number of hydrogen-bond acceptors (Lipinski definition) is 7. The van der Waals surface area contributed by atoms with Gasteiger partial charge in [0.2, 0.25) is 5.91 Å². The van der Waals surface area contributed by atoms with Gasteiger partial charge in [0.25, 0.3) is 0 Å². The number of amides is 1. The topological polar surface area (TPSA) is 75.4 Å². The van der Waals surface area contributed by atoms with Gasteiger partial charge in [0.1, 0.15) is 0 Å². The van der Waals surface area contributed by atoms with Gasteiger partial charge in [0.05, 0.1) is 41.8 Å². The van der Waals surface area contributed by atoms with Crippen LogP contribution in [0.5, 0.6) is 0 Å². The number of rotatable bonds is 6. The molecule has 0 atom stereocenters. The van der Waals surface area contributed by atoms with E-state index in [2.05, 4.69) is 45.4 Å². The predicted molar refractivity (Wildman–Crippen MR) is 144 cm³/mol. The molecular weight excluding hydrogens is 480 g/mol. The third kappa shape index (κ3) is 4.26. The number of ether oxygens (including phenoxy) is 2. The van der Waals surface area contributed by atoms with Crippen molar-refractivity contribution >= 4 is 17.1 Å². The largest absolute Gasteiger partial charge is 0.378 e. The Morgan fingerprint density at radius 2 is 1.84 bits per heavy atom. The highest BCUT2D eigenvalue weighted by Gasteiger charge is 2.40. The molecule has 6 heterocycles. The van der Waals surface area contributed by atoms with Crippen molar-refractivity contribution in [2.45, 2.75) is 37.3 Å². The molecule has 1 aliphatic carbocycles. The highest BCUT2D eigenvalue weighted by atomic mass is 16.5. The second-order valence-corrected chi connectivity index (χ2v) is 11.2. The van der Waals surface area contributed by atoms with Crippen molar-refractivity contribution in [2.75, 3.05) is 64.5 Å². The van der Waals surface area contributed by atoms with Crippen LogP contribution < -0.4 is 4.90 Å². The van der Waals surface area contributed by atoms with Crippen LogP contribution in [-0.2, 0) is 19.9 Å². The minimum Gasteiger partial charge on any atom is -0.378 e. The number of carbonyl (C=O) groups excluding carboxylic acids is 1. The summed E-state index contributed by atoms with van der Waals surface area (Å²) in [7, 11) is 1.82. The first kappa shape index (κ1) is 24.1. The van der Waals surface area contributed by atoms with Crippen molar-refractivity contribution in [3.05, 3.63) is 48.4 Å². The van der Waals surface area contributed by atoms with Gasteiger partial charge in [-0.15, -0.1) is 0 Å². The molecule has 4 fully saturated rings. The summed E-state index contributed by atoms with van der Waals surface area (Å²) >= 11 is 0. The summed E-state index contributed by atoms with van der Waals surface area (Å²) in [5.74, 6) is 0.632. The van der Waals surface area contributed by atoms with E-state index in [1.807, 2.05) is 28.9 Å². The van der Waals surface area contributed by atoms with Gasteiger partial charge in [-0.05, 0) is 43.9 Å². The number of likely N-dealkylation sites (tertiary alicyclic amines) is 1. The Kier molecular flexibility index (Phi) is 6.10. The first-order valence-corrected chi connectivity index (χ1v) is 14.0. The normalized spacial score (nSPS) is 22.6. The zero-order chi connectivity index (χ0) is 25.7. The van der Waals surface area contributed by atoms with Crippen molar-refractivity contribution in [1.82, 2.24) is 24.4 Å². The minimum absolute atomic E-state index is 0.282. The van der Waals surface area contributed by atoms with E-state index < -0.39 is 0 Å². The molecule has 0 unspecified atom stereocenters. The Morgan fingerprint density at radius 3 is 2.47 bits per heavy atom. The molecule has 7 rings (SSSR count). The highest BCUT2D eigenvalue weighted by Crippen LogP contribution is 2.38. The van der Waals surface area contributed by atoms with Crippen LogP contribution in [0.1, 0.15) is 31.2 Å². The van der Waals surface area contributed by atoms with Crippen LogP contribution in [-0.4, -0.2) is 95.9 Å². The lowest BCUT2D eigenvalue weighted by atomic mass is 9.84. The molecule has 0 bridgehead atoms. The highest BCUT2D eigenvalue weighted by molar-refractivity contribution is 5.82. The van der Waals surface area contributed by atoms with E-state index in [0.717, 1.165) is 106 Å². The van der Waals surface area contributed by atoms with Gasteiger partial charge in [0.15, 0.2) is 0 Å². The third-order valence-electron chi connectivity index (χ3n) is 9.06. The lowest BCUT2D eigenvalue weighted by Crippen LogP contribution is -2.54. The monoisotopic (exact) mass is 516 g/mol. The average molecular weight is 517 g/mol. The number of nitrogens with zero attached hydrogens (tertiary/aromatic N) is 6. The summed E-state index contributed by atoms with van der Waals surface area (Å²) in [5, 5.41) is 4.57. The maximum absolute atomic E-state index is 12.5. The Morgan fingerprint density at radius 1 is 1.05 bits per heavy atom. The molecule has 4 aliphatic rings. The molecule has 9 nitrogen and oxygen atoms in total. The lowest BCUT2D eigenvalue weighted by molar-refractivity contribution is -0.132. The fourth-order valence-electron chi connectivity index (χ4n) is 6.29. The second-order valence-electron chi connectivity index (χ2n) is 11.2. The number of piperidine rings is 1. The average Bonchev–Trinajstić information content (AvgIpc) is 3.70. The quantitative estimate of drug-likeness (QED) is 0.499. The zero-order valence-electron chi connectivity index (χ0n) is 22.1. The summed E-state index contributed by atoms with van der Waals surface area (Å²) in [4.78, 5) is 24.3. The molecule has 9 heteroatoms. The van der Waals surface area contributed by atoms with Crippen LogP contribution in [0, 0.1) is 5.92 Å². The molecule has 200 valence electrons. The van der Waals surface area contributed by atoms with Gasteiger partial charge in [-0.25, -0.2) is 4.52 Å². The van der Waals surface area contributed by atoms with Gasteiger partial charge in [-0.1, -0.05) is 6.07 Å². The fourth-order valence-corrected chi connectivity index (χ4v) is 6.29. The van der Waals surface area contributed by atoms with Gasteiger partial charge in [-0.3, -0.25) is 14.7 Å². The van der Waals surface area contributed by atoms with Crippen LogP contribution in [0.3, 0.4) is 0 Å². The summed E-state index contributed by atoms with van der Waals surface area (Å²) in [6.07, 6.45) is 9.95. The van der Waals surface area contributed by atoms with E-state index >= 15 is 0 Å². The van der Waals surface area contributed by atoms with Crippen molar-refractivity contribution in [3.63, 3.8) is 0 Å². The van der Waals surface area contributed by atoms with E-state index in [0.29, 0.717) is 11.9 Å². The molecule has 1 amide bonds. The van der Waals surface area contributed by atoms with Crippen LogP contribution >= 0.6 is 0 Å². The van der Waals surface area contributed by atoms with Crippen molar-refractivity contribution in [3.8, 4) is 11.3 Å². The third-order valence-corrected chi connectivity index (χ3v) is 9.06. The molecule has 0 radical (unpaired) electrons. The standard InChI is InChI=1S/C29H36N6O3/c1-37-29(7-10-32(11-8-29)24-19-38-20-24)23-4-5-25(30-17-23)22-16-27-26(6-9-31-35(27)18-22)33-12-14-34(15-13-33)28(36)21-2-3-21/h4-6,9,16-18,21,24H,2-3,7-8,10-15,19-20H2,1H3. The number of aromatic nitrogens is 3. The van der Waals surface area contributed by atoms with E-state index in [1.54, 1.807) is 0 Å². The van der Waals surface area contributed by atoms with Crippen LogP contribution in [0.4, 0.5) is 5.69 Å². The van der Waals surface area contributed by atoms with Crippen LogP contribution in [0.15, 0.2) is 42.9 Å². The molecule has 3 saturated heterocycles. The SMILES string of the molecule is COC1(c2ccc(-c3cc4c(N5CCN(C(=O)C6CC6)CC5)ccnn4c3)nc2)CCN(C2COC2)CC1. The number of fused-ring (bicyclic) bond motifs is 1. The second kappa shape index (κ2) is 9.63. The van der Waals surface area contributed by atoms with E-state index in [9.17, 15) is 4.79 Å². The zero-order valence-corrected chi connectivity index (χ0v) is 22.1. The summed E-state index contributed by atoms with van der Waals surface area (Å²) < 4.78 is 13.4. The lowest BCUT2D eigenvalue weighted by Gasteiger charge is -2.46. The van der Waals surface area contributed by atoms with Crippen LogP contribution in [0.2, 0.25) is 0 Å². The molecule has 0 N–H and O–H groups in total. The molecule has 0 aromatic carbocycles. The van der Waals surface area contributed by atoms with E-state index in [1.165, 1.54) is 0 Å². The maximum Gasteiger partial charge on any atom is 0.225 e. The Hall–Kier alpha value is -3.01. The molecule has 1 saturated carbocycles. The summed E-state index contributed by atoms with van der Waals surface area (Å²) in [5.41, 5.74) is 5.06. The number of hydrogen-bond donors (Lipinski definition) is 0. The Balaban J connectivity index is 1.07. The van der Waals surface area contributed by atoms with Gasteiger partial charge >= 0.3 is 0 Å². The molecule has 0 spiro atoms. The first-order chi connectivity index (χ1) is 18.6. The number of methoxy groups -OCH3 is 1. The van der Waals surface area contributed by atoms with E-state index in [-0.39, 0.29) is 11.5 Å². The fraction of sp³-hybridized carbons (Fsp3) is 0.552. The number of pyridine rings is 1. The first-order valence-electron chi connectivity index (χ1n) is 14.0. The smallest absolute Gasteiger partial charge is 0.225 e. The van der Waals surface area contributed by atoms with Gasteiger partial charge in [-0.2, -0.15) is 5.10 Å². The van der Waals surface area contributed by atoms with Gasteiger partial charge < -0.3 is 19.3 Å². The molecule has 3 aliphatic heterocycles. The van der Waals surface area contributed by atoms with E-state index in [4.69, 9.17) is 14.5 Å². The minimum atomic E-state index is -0.282. The molecular formula is C29H36N6O3. The van der Waals surface area contributed by atoms with Crippen LogP contribution in [0.25, 0.3) is 16.8 Å². The maximum atomic E-state index is 12.5. The number of anilines is 1. The Labute approximate surface area is 223 Å². The molecule has 3 aromatic rings. The summed E-state index contributed by atoms with van der Waals surface area (Å²) in [6, 6.07) is 9.12. The van der Waals surface area contributed by atoms with Crippen molar-refractivity contribution in [1.29, 1.82) is 0 Å². The Bertz CT molecular complexity index is 1300. The molecule has 3 aromatic heterocycles. The number of carbonyl (C=O) groups is 1. The van der Waals surface area contributed by atoms with Crippen molar-refractivity contribution in [2.24, 2.45) is 5.92 Å². The predicted octanol–water partition coefficient (Wildman–Crippen LogP) is 2.79. The van der Waals surface area contributed by atoms with Gasteiger partial charge in [0, 0.05) is 82.0 Å². The number of piperazine rings is 1. The summed E-state index contributed by atoms with van der Waals surface area (Å²) in [6.45, 7) is 7.01.